The Hall–Kier alpha value is -2.28. The summed E-state index contributed by atoms with van der Waals surface area (Å²) in [6.45, 7) is 6.72. The van der Waals surface area contributed by atoms with E-state index in [0.29, 0.717) is 24.5 Å². The van der Waals surface area contributed by atoms with Crippen molar-refractivity contribution in [2.24, 2.45) is 0 Å². The Morgan fingerprint density at radius 1 is 1.27 bits per heavy atom. The maximum Gasteiger partial charge on any atom is 0.227 e. The largest absolute Gasteiger partial charge is 0.312 e. The van der Waals surface area contributed by atoms with Gasteiger partial charge in [-0.15, -0.1) is 10.2 Å². The number of amides is 2. The lowest BCUT2D eigenvalue weighted by molar-refractivity contribution is -0.117. The third kappa shape index (κ3) is 4.27. The lowest BCUT2D eigenvalue weighted by Crippen LogP contribution is -2.24. The van der Waals surface area contributed by atoms with E-state index < -0.39 is 0 Å². The first-order valence-corrected chi connectivity index (χ1v) is 9.80. The van der Waals surface area contributed by atoms with Crippen molar-refractivity contribution in [3.63, 3.8) is 0 Å². The van der Waals surface area contributed by atoms with E-state index in [1.54, 1.807) is 0 Å². The topological polar surface area (TPSA) is 75.2 Å². The summed E-state index contributed by atoms with van der Waals surface area (Å²) in [7, 11) is 0. The van der Waals surface area contributed by atoms with Gasteiger partial charge in [0.05, 0.1) is 0 Å². The predicted octanol–water partition coefficient (Wildman–Crippen LogP) is 3.80. The van der Waals surface area contributed by atoms with E-state index in [-0.39, 0.29) is 17.7 Å². The van der Waals surface area contributed by atoms with Gasteiger partial charge in [-0.2, -0.15) is 0 Å². The lowest BCUT2D eigenvalue weighted by Gasteiger charge is -2.17. The molecule has 6 nitrogen and oxygen atoms in total. The molecule has 2 amide bonds. The van der Waals surface area contributed by atoms with Crippen molar-refractivity contribution in [3.05, 3.63) is 34.3 Å². The number of aryl methyl sites for hydroxylation is 2. The van der Waals surface area contributed by atoms with E-state index in [9.17, 15) is 9.59 Å². The van der Waals surface area contributed by atoms with Gasteiger partial charge >= 0.3 is 0 Å². The molecule has 1 aliphatic heterocycles. The zero-order chi connectivity index (χ0) is 18.7. The number of benzene rings is 1. The zero-order valence-electron chi connectivity index (χ0n) is 15.4. The van der Waals surface area contributed by atoms with Gasteiger partial charge in [-0.1, -0.05) is 30.7 Å². The molecule has 2 aromatic rings. The molecule has 1 fully saturated rings. The highest BCUT2D eigenvalue weighted by molar-refractivity contribution is 7.15. The third-order valence-electron chi connectivity index (χ3n) is 4.44. The molecule has 1 aliphatic rings. The molecule has 1 aromatic carbocycles. The third-order valence-corrected chi connectivity index (χ3v) is 5.44. The number of nitrogens with zero attached hydrogens (tertiary/aromatic N) is 3. The summed E-state index contributed by atoms with van der Waals surface area (Å²) < 4.78 is 0. The predicted molar refractivity (Wildman–Crippen MR) is 104 cm³/mol. The van der Waals surface area contributed by atoms with Gasteiger partial charge in [-0.3, -0.25) is 9.59 Å². The first-order chi connectivity index (χ1) is 12.5. The average Bonchev–Trinajstić information content (AvgIpc) is 3.18. The molecular formula is C19H24N4O2S. The van der Waals surface area contributed by atoms with Crippen LogP contribution in [0.2, 0.25) is 0 Å². The number of carbonyl (C=O) groups is 2. The molecule has 2 heterocycles. The number of hydrogen-bond donors (Lipinski definition) is 1. The molecule has 0 aliphatic carbocycles. The van der Waals surface area contributed by atoms with Gasteiger partial charge in [0.1, 0.15) is 5.01 Å². The molecule has 3 rings (SSSR count). The first kappa shape index (κ1) is 18.5. The van der Waals surface area contributed by atoms with E-state index in [4.69, 9.17) is 0 Å². The van der Waals surface area contributed by atoms with Crippen molar-refractivity contribution in [1.29, 1.82) is 0 Å². The molecule has 1 aromatic heterocycles. The molecule has 7 heteroatoms. The summed E-state index contributed by atoms with van der Waals surface area (Å²) in [4.78, 5) is 26.1. The second-order valence-corrected chi connectivity index (χ2v) is 7.86. The molecule has 1 atom stereocenters. The first-order valence-electron chi connectivity index (χ1n) is 8.98. The van der Waals surface area contributed by atoms with Crippen molar-refractivity contribution in [3.8, 4) is 0 Å². The van der Waals surface area contributed by atoms with Gasteiger partial charge in [-0.25, -0.2) is 0 Å². The number of aromatic nitrogens is 2. The second-order valence-electron chi connectivity index (χ2n) is 6.85. The van der Waals surface area contributed by atoms with E-state index in [2.05, 4.69) is 28.5 Å². The summed E-state index contributed by atoms with van der Waals surface area (Å²) in [5.41, 5.74) is 3.22. The van der Waals surface area contributed by atoms with Crippen LogP contribution in [0, 0.1) is 13.8 Å². The van der Waals surface area contributed by atoms with E-state index in [0.717, 1.165) is 34.7 Å². The quantitative estimate of drug-likeness (QED) is 0.837. The van der Waals surface area contributed by atoms with Crippen LogP contribution in [0.5, 0.6) is 0 Å². The highest BCUT2D eigenvalue weighted by Crippen LogP contribution is 2.34. The molecule has 0 saturated carbocycles. The van der Waals surface area contributed by atoms with Crippen molar-refractivity contribution in [2.45, 2.75) is 52.4 Å². The Morgan fingerprint density at radius 3 is 2.69 bits per heavy atom. The zero-order valence-corrected chi connectivity index (χ0v) is 16.2. The molecule has 138 valence electrons. The summed E-state index contributed by atoms with van der Waals surface area (Å²) in [5, 5.41) is 12.4. The minimum Gasteiger partial charge on any atom is -0.312 e. The number of nitrogens with one attached hydrogen (secondary N) is 1. The summed E-state index contributed by atoms with van der Waals surface area (Å²) in [5.74, 6) is 0.0831. The van der Waals surface area contributed by atoms with Gasteiger partial charge in [0.25, 0.3) is 0 Å². The van der Waals surface area contributed by atoms with Crippen LogP contribution in [-0.2, 0) is 9.59 Å². The molecule has 1 saturated heterocycles. The minimum atomic E-state index is -0.0334. The fourth-order valence-corrected chi connectivity index (χ4v) is 4.05. The summed E-state index contributed by atoms with van der Waals surface area (Å²) in [6.07, 6.45) is 2.76. The number of rotatable bonds is 6. The summed E-state index contributed by atoms with van der Waals surface area (Å²) in [6, 6.07) is 6.17. The maximum absolute atomic E-state index is 12.5. The Kier molecular flexibility index (Phi) is 5.66. The van der Waals surface area contributed by atoms with E-state index in [1.165, 1.54) is 11.3 Å². The number of anilines is 2. The van der Waals surface area contributed by atoms with Gasteiger partial charge in [-0.05, 0) is 43.5 Å². The summed E-state index contributed by atoms with van der Waals surface area (Å²) >= 11 is 1.36. The normalized spacial score (nSPS) is 17.0. The van der Waals surface area contributed by atoms with E-state index >= 15 is 0 Å². The van der Waals surface area contributed by atoms with Gasteiger partial charge < -0.3 is 10.2 Å². The molecule has 0 unspecified atom stereocenters. The van der Waals surface area contributed by atoms with Crippen LogP contribution in [0.1, 0.15) is 54.7 Å². The molecule has 0 radical (unpaired) electrons. The van der Waals surface area contributed by atoms with Crippen molar-refractivity contribution in [2.75, 3.05) is 16.8 Å². The monoisotopic (exact) mass is 372 g/mol. The van der Waals surface area contributed by atoms with Crippen molar-refractivity contribution in [1.82, 2.24) is 10.2 Å². The van der Waals surface area contributed by atoms with Gasteiger partial charge in [0, 0.05) is 31.0 Å². The lowest BCUT2D eigenvalue weighted by atomic mass is 10.1. The van der Waals surface area contributed by atoms with Crippen LogP contribution < -0.4 is 10.2 Å². The standard InChI is InChI=1S/C19H24N4O2S/c1-4-5-6-16(24)20-19-22-21-18(26-19)14-10-17(25)23(11-14)15-8-12(2)7-13(3)9-15/h7-9,14H,4-6,10-11H2,1-3H3,(H,20,22,24)/t14-/m0/s1. The van der Waals surface area contributed by atoms with E-state index in [1.807, 2.05) is 30.9 Å². The Balaban J connectivity index is 1.68. The van der Waals surface area contributed by atoms with Crippen LogP contribution in [-0.4, -0.2) is 28.6 Å². The van der Waals surface area contributed by atoms with Gasteiger partial charge in [0.2, 0.25) is 16.9 Å². The van der Waals surface area contributed by atoms with Crippen LogP contribution in [0.4, 0.5) is 10.8 Å². The number of carbonyl (C=O) groups excluding carboxylic acids is 2. The smallest absolute Gasteiger partial charge is 0.227 e. The van der Waals surface area contributed by atoms with Crippen LogP contribution >= 0.6 is 11.3 Å². The number of unbranched alkanes of at least 4 members (excludes halogenated alkanes) is 1. The van der Waals surface area contributed by atoms with Gasteiger partial charge in [0.15, 0.2) is 0 Å². The Labute approximate surface area is 157 Å². The molecule has 26 heavy (non-hydrogen) atoms. The fourth-order valence-electron chi connectivity index (χ4n) is 3.20. The second kappa shape index (κ2) is 7.95. The highest BCUT2D eigenvalue weighted by atomic mass is 32.1. The molecule has 1 N–H and O–H groups in total. The van der Waals surface area contributed by atoms with Crippen LogP contribution in [0.25, 0.3) is 0 Å². The van der Waals surface area contributed by atoms with Crippen molar-refractivity contribution < 1.29 is 9.59 Å². The van der Waals surface area contributed by atoms with Crippen molar-refractivity contribution >= 4 is 34.0 Å². The fraction of sp³-hybridized carbons (Fsp3) is 0.474. The Morgan fingerprint density at radius 2 is 2.00 bits per heavy atom. The average molecular weight is 372 g/mol. The minimum absolute atomic E-state index is 0.0158. The molecular weight excluding hydrogens is 348 g/mol. The Bertz CT molecular complexity index is 797. The molecule has 0 bridgehead atoms. The SMILES string of the molecule is CCCCC(=O)Nc1nnc([C@H]2CC(=O)N(c3cc(C)cc(C)c3)C2)s1. The van der Waals surface area contributed by atoms with Crippen LogP contribution in [0.15, 0.2) is 18.2 Å². The highest BCUT2D eigenvalue weighted by Gasteiger charge is 2.34. The molecule has 0 spiro atoms. The van der Waals surface area contributed by atoms with Crippen LogP contribution in [0.3, 0.4) is 0 Å². The maximum atomic E-state index is 12.5. The number of hydrogen-bond acceptors (Lipinski definition) is 5.